The quantitative estimate of drug-likeness (QED) is 0.332. The number of tetrazole rings is 1. The molecule has 0 saturated heterocycles. The summed E-state index contributed by atoms with van der Waals surface area (Å²) in [4.78, 5) is 1.22. The number of halogens is 1. The molecule has 1 rings (SSSR count). The number of rotatable bonds is 0. The molecule has 9 nitrogen and oxygen atoms in total. The van der Waals surface area contributed by atoms with E-state index >= 15 is 0 Å². The molecule has 0 aliphatic rings. The molecular formula is C3H8ClN5O4. The molecule has 2 N–H and O–H groups in total. The molecule has 1 heterocycles. The van der Waals surface area contributed by atoms with Gasteiger partial charge in [-0.25, -0.2) is 18.6 Å². The predicted octanol–water partition coefficient (Wildman–Crippen LogP) is -6.63. The highest BCUT2D eigenvalue weighted by atomic mass is 35.7. The maximum Gasteiger partial charge on any atom is 0.280 e. The van der Waals surface area contributed by atoms with Crippen molar-refractivity contribution in [1.29, 1.82) is 0 Å². The van der Waals surface area contributed by atoms with Gasteiger partial charge in [-0.05, 0) is 0 Å². The third kappa shape index (κ3) is 6.19. The van der Waals surface area contributed by atoms with Crippen LogP contribution >= 0.6 is 0 Å². The molecule has 13 heavy (non-hydrogen) atoms. The minimum Gasteiger partial charge on any atom is -0.258 e. The summed E-state index contributed by atoms with van der Waals surface area (Å²) in [6.07, 6.45) is 0. The molecule has 10 heteroatoms. The van der Waals surface area contributed by atoms with Crippen molar-refractivity contribution in [2.75, 3.05) is 5.84 Å². The van der Waals surface area contributed by atoms with Crippen molar-refractivity contribution < 1.29 is 33.6 Å². The molecule has 0 fully saturated rings. The van der Waals surface area contributed by atoms with Crippen LogP contribution in [0.4, 0.5) is 0 Å². The van der Waals surface area contributed by atoms with E-state index in [1.807, 2.05) is 6.92 Å². The van der Waals surface area contributed by atoms with Crippen LogP contribution in [0, 0.1) is 17.2 Å². The number of nitrogen functional groups attached to an aromatic ring is 1. The average Bonchev–Trinajstić information content (AvgIpc) is 2.16. The highest BCUT2D eigenvalue weighted by Crippen LogP contribution is 1.72. The maximum absolute atomic E-state index is 8.49. The summed E-state index contributed by atoms with van der Waals surface area (Å²) in [5.41, 5.74) is 0. The topological polar surface area (TPSA) is 153 Å². The monoisotopic (exact) mass is 213 g/mol. The Morgan fingerprint density at radius 2 is 1.77 bits per heavy atom. The molecule has 0 bridgehead atoms. The van der Waals surface area contributed by atoms with E-state index in [9.17, 15) is 0 Å². The Kier molecular flexibility index (Phi) is 3.97. The zero-order chi connectivity index (χ0) is 10.6. The van der Waals surface area contributed by atoms with Gasteiger partial charge in [0.2, 0.25) is 0 Å². The summed E-state index contributed by atoms with van der Waals surface area (Å²) in [5, 5.41) is 7.14. The van der Waals surface area contributed by atoms with Crippen LogP contribution in [0.1, 0.15) is 5.82 Å². The van der Waals surface area contributed by atoms with E-state index in [2.05, 4.69) is 10.4 Å². The van der Waals surface area contributed by atoms with Gasteiger partial charge in [0.15, 0.2) is 5.21 Å². The highest BCUT2D eigenvalue weighted by Gasteiger charge is 2.06. The number of aromatic nitrogens is 4. The van der Waals surface area contributed by atoms with Gasteiger partial charge in [0.1, 0.15) is 5.21 Å². The lowest BCUT2D eigenvalue weighted by atomic mass is 10.7. The Labute approximate surface area is 75.3 Å². The van der Waals surface area contributed by atoms with Crippen molar-refractivity contribution in [2.45, 2.75) is 6.92 Å². The summed E-state index contributed by atoms with van der Waals surface area (Å²) in [6.45, 7) is 1.83. The minimum atomic E-state index is -4.94. The van der Waals surface area contributed by atoms with Gasteiger partial charge >= 0.3 is 0 Å². The van der Waals surface area contributed by atoms with Gasteiger partial charge in [0.25, 0.3) is 5.82 Å². The van der Waals surface area contributed by atoms with E-state index in [1.54, 1.807) is 11.7 Å². The smallest absolute Gasteiger partial charge is 0.258 e. The van der Waals surface area contributed by atoms with Crippen LogP contribution in [0.2, 0.25) is 0 Å². The summed E-state index contributed by atoms with van der Waals surface area (Å²) >= 11 is 0. The van der Waals surface area contributed by atoms with E-state index in [4.69, 9.17) is 24.5 Å². The van der Waals surface area contributed by atoms with E-state index in [0.717, 1.165) is 5.82 Å². The van der Waals surface area contributed by atoms with E-state index in [-0.39, 0.29) is 0 Å². The highest BCUT2D eigenvalue weighted by molar-refractivity contribution is 4.61. The lowest BCUT2D eigenvalue weighted by molar-refractivity contribution is -2.00. The fraction of sp³-hybridized carbons (Fsp3) is 0.667. The average molecular weight is 214 g/mol. The first-order chi connectivity index (χ1) is 5.72. The summed E-state index contributed by atoms with van der Waals surface area (Å²) in [7, 11) is -3.16. The van der Waals surface area contributed by atoms with Crippen LogP contribution in [0.3, 0.4) is 0 Å². The maximum atomic E-state index is 8.49. The minimum absolute atomic E-state index is 0.824. The molecular weight excluding hydrogens is 206 g/mol. The summed E-state index contributed by atoms with van der Waals surface area (Å²) in [5.74, 6) is 6.09. The molecule has 0 aromatic carbocycles. The number of nitrogens with two attached hydrogens (primary N) is 1. The Morgan fingerprint density at radius 3 is 1.85 bits per heavy atom. The van der Waals surface area contributed by atoms with Crippen LogP contribution in [-0.2, 0) is 7.05 Å². The fourth-order valence-corrected chi connectivity index (χ4v) is 0.381. The molecule has 0 amide bonds. The van der Waals surface area contributed by atoms with Crippen LogP contribution in [-0.4, -0.2) is 15.2 Å². The van der Waals surface area contributed by atoms with Gasteiger partial charge in [-0.2, -0.15) is 0 Å². The SMILES string of the molecule is Cc1n(N)nn[n+]1C.[O-][Cl+3]([O-])([O-])[O-]. The Bertz CT molecular complexity index is 244. The predicted molar refractivity (Wildman–Crippen MR) is 26.1 cm³/mol. The van der Waals surface area contributed by atoms with E-state index in [1.165, 1.54) is 4.79 Å². The van der Waals surface area contributed by atoms with Gasteiger partial charge in [0.05, 0.1) is 7.05 Å². The molecule has 76 valence electrons. The normalized spacial score (nSPS) is 10.6. The lowest BCUT2D eigenvalue weighted by Gasteiger charge is -2.17. The Hall–Kier alpha value is -1.00. The van der Waals surface area contributed by atoms with Crippen LogP contribution in [0.15, 0.2) is 0 Å². The fourth-order valence-electron chi connectivity index (χ4n) is 0.381. The molecule has 0 radical (unpaired) electrons. The summed E-state index contributed by atoms with van der Waals surface area (Å²) < 4.78 is 35.6. The number of aryl methyl sites for hydroxylation is 1. The van der Waals surface area contributed by atoms with Gasteiger partial charge < -0.3 is 0 Å². The molecule has 0 saturated carbocycles. The molecule has 1 aromatic heterocycles. The van der Waals surface area contributed by atoms with Crippen molar-refractivity contribution in [3.63, 3.8) is 0 Å². The van der Waals surface area contributed by atoms with Crippen molar-refractivity contribution in [1.82, 2.24) is 15.2 Å². The van der Waals surface area contributed by atoms with Crippen LogP contribution in [0.25, 0.3) is 0 Å². The van der Waals surface area contributed by atoms with Crippen molar-refractivity contribution in [3.8, 4) is 0 Å². The molecule has 0 unspecified atom stereocenters. The van der Waals surface area contributed by atoms with Crippen LogP contribution < -0.4 is 29.2 Å². The second-order valence-corrected chi connectivity index (χ2v) is 2.73. The lowest BCUT2D eigenvalue weighted by Crippen LogP contribution is -2.68. The molecule has 0 aliphatic carbocycles. The second kappa shape index (κ2) is 4.30. The zero-order valence-electron chi connectivity index (χ0n) is 6.88. The first kappa shape index (κ1) is 12.0. The Morgan fingerprint density at radius 1 is 1.38 bits per heavy atom. The Balaban J connectivity index is 0.000000252. The zero-order valence-corrected chi connectivity index (χ0v) is 7.63. The van der Waals surface area contributed by atoms with E-state index in [0.29, 0.717) is 0 Å². The standard InChI is InChI=1S/C3H8N5.ClHO4/c1-3-7(2)5-6-8(3)4;2-1(3,4)5/h4H2,1-2H3;(H,2,3,4,5)/q+1;/p-1. The molecule has 0 atom stereocenters. The van der Waals surface area contributed by atoms with Crippen molar-refractivity contribution in [2.24, 2.45) is 7.05 Å². The largest absolute Gasteiger partial charge is 0.280 e. The number of hydrogen-bond acceptors (Lipinski definition) is 7. The molecule has 0 aliphatic heterocycles. The summed E-state index contributed by atoms with van der Waals surface area (Å²) in [6, 6.07) is 0. The van der Waals surface area contributed by atoms with Gasteiger partial charge in [-0.15, -0.1) is 14.9 Å². The van der Waals surface area contributed by atoms with Gasteiger partial charge in [-0.3, -0.25) is 5.84 Å². The van der Waals surface area contributed by atoms with E-state index < -0.39 is 10.2 Å². The first-order valence-electron chi connectivity index (χ1n) is 2.87. The van der Waals surface area contributed by atoms with Gasteiger partial charge in [-0.1, -0.05) is 0 Å². The first-order valence-corrected chi connectivity index (χ1v) is 4.10. The van der Waals surface area contributed by atoms with Gasteiger partial charge in [0, 0.05) is 11.7 Å². The van der Waals surface area contributed by atoms with Crippen molar-refractivity contribution >= 4 is 0 Å². The number of nitrogens with zero attached hydrogens (tertiary/aromatic N) is 4. The molecule has 0 spiro atoms. The second-order valence-electron chi connectivity index (χ2n) is 1.97. The third-order valence-corrected chi connectivity index (χ3v) is 1.07. The molecule has 1 aromatic rings. The van der Waals surface area contributed by atoms with Crippen molar-refractivity contribution in [3.05, 3.63) is 5.82 Å². The van der Waals surface area contributed by atoms with Crippen LogP contribution in [0.5, 0.6) is 0 Å². The number of hydrogen-bond donors (Lipinski definition) is 1. The third-order valence-electron chi connectivity index (χ3n) is 1.07.